The monoisotopic (exact) mass is 495 g/mol. The number of nitrogens with zero attached hydrogens (tertiary/aromatic N) is 4. The first-order valence-electron chi connectivity index (χ1n) is 10.5. The Morgan fingerprint density at radius 1 is 1.12 bits per heavy atom. The molecule has 1 amide bonds. The predicted molar refractivity (Wildman–Crippen MR) is 116 cm³/mol. The molecule has 0 atom stereocenters. The lowest BCUT2D eigenvalue weighted by atomic mass is 9.80. The maximum absolute atomic E-state index is 13.8. The van der Waals surface area contributed by atoms with Gasteiger partial charge in [-0.25, -0.2) is 18.5 Å². The van der Waals surface area contributed by atoms with Crippen LogP contribution in [0, 0.1) is 0 Å². The van der Waals surface area contributed by atoms with Crippen LogP contribution >= 0.6 is 0 Å². The van der Waals surface area contributed by atoms with E-state index in [0.717, 1.165) is 6.42 Å². The summed E-state index contributed by atoms with van der Waals surface area (Å²) in [6.45, 7) is 0. The van der Waals surface area contributed by atoms with E-state index in [1.54, 1.807) is 0 Å². The number of alkyl halides is 3. The molecule has 1 saturated carbocycles. The zero-order chi connectivity index (χ0) is 24.3. The van der Waals surface area contributed by atoms with Crippen LogP contribution in [0.3, 0.4) is 0 Å². The van der Waals surface area contributed by atoms with Gasteiger partial charge in [0.15, 0.2) is 0 Å². The van der Waals surface area contributed by atoms with Gasteiger partial charge in [0.2, 0.25) is 16.0 Å². The summed E-state index contributed by atoms with van der Waals surface area (Å²) < 4.78 is 65.5. The van der Waals surface area contributed by atoms with E-state index in [-0.39, 0.29) is 27.3 Å². The Bertz CT molecular complexity index is 1380. The summed E-state index contributed by atoms with van der Waals surface area (Å²) in [5.41, 5.74) is 1.49. The number of nitrogens with one attached hydrogen (secondary N) is 2. The van der Waals surface area contributed by atoms with Crippen LogP contribution in [0.2, 0.25) is 0 Å². The maximum Gasteiger partial charge on any atom is 0.504 e. The van der Waals surface area contributed by atoms with Gasteiger partial charge in [-0.3, -0.25) is 14.8 Å². The summed E-state index contributed by atoms with van der Waals surface area (Å²) in [6.07, 6.45) is -0.382. The number of carbonyl (C=O) groups excluding carboxylic acids is 1. The minimum absolute atomic E-state index is 0.0762. The first-order valence-corrected chi connectivity index (χ1v) is 12.0. The summed E-state index contributed by atoms with van der Waals surface area (Å²) in [4.78, 5) is 21.6. The van der Waals surface area contributed by atoms with Gasteiger partial charge in [-0.15, -0.1) is 13.2 Å². The van der Waals surface area contributed by atoms with Crippen molar-refractivity contribution in [2.24, 2.45) is 5.14 Å². The highest BCUT2D eigenvalue weighted by Gasteiger charge is 2.53. The standard InChI is InChI=1S/C20H20F3N7O3S/c21-20(22,23)30-15-10-12-11-25-18(26-13-4-6-14(7-5-13)34(24,32)33)27-16(12)29(15)19(17(31)28-30)8-2-1-3-9-19/h4-7,10-11H,1-3,8-9H2,(H,28,31)(H2,24,32,33)(H,25,26,27). The second-order valence-electron chi connectivity index (χ2n) is 8.34. The molecule has 0 saturated heterocycles. The fourth-order valence-corrected chi connectivity index (χ4v) is 5.14. The molecule has 14 heteroatoms. The highest BCUT2D eigenvalue weighted by atomic mass is 32.2. The molecule has 1 fully saturated rings. The fraction of sp³-hybridized carbons (Fsp3) is 0.350. The number of aromatic nitrogens is 3. The Hall–Kier alpha value is -3.39. The first-order chi connectivity index (χ1) is 16.0. The second-order valence-corrected chi connectivity index (χ2v) is 9.90. The van der Waals surface area contributed by atoms with E-state index in [0.29, 0.717) is 36.8 Å². The molecule has 34 heavy (non-hydrogen) atoms. The molecular formula is C20H20F3N7O3S. The average Bonchev–Trinajstić information content (AvgIpc) is 3.15. The van der Waals surface area contributed by atoms with Gasteiger partial charge in [-0.2, -0.15) is 9.99 Å². The first kappa shape index (κ1) is 22.4. The molecule has 1 aromatic carbocycles. The summed E-state index contributed by atoms with van der Waals surface area (Å²) >= 11 is 0. The number of hydrogen-bond donors (Lipinski definition) is 3. The molecule has 1 aliphatic carbocycles. The number of carbonyl (C=O) groups is 1. The molecule has 1 spiro atoms. The molecule has 4 N–H and O–H groups in total. The van der Waals surface area contributed by atoms with Crippen molar-refractivity contribution in [3.05, 3.63) is 36.5 Å². The van der Waals surface area contributed by atoms with Crippen LogP contribution in [0.25, 0.3) is 11.0 Å². The molecule has 0 bridgehead atoms. The Balaban J connectivity index is 1.61. The number of anilines is 3. The smallest absolute Gasteiger partial charge is 0.324 e. The van der Waals surface area contributed by atoms with E-state index >= 15 is 0 Å². The van der Waals surface area contributed by atoms with Gasteiger partial charge in [0.05, 0.1) is 4.90 Å². The van der Waals surface area contributed by atoms with Crippen LogP contribution in [0.5, 0.6) is 0 Å². The van der Waals surface area contributed by atoms with E-state index < -0.39 is 27.8 Å². The number of primary sulfonamides is 1. The third kappa shape index (κ3) is 3.62. The molecule has 0 unspecified atom stereocenters. The number of amides is 1. The normalized spacial score (nSPS) is 18.1. The number of sulfonamides is 1. The molecular weight excluding hydrogens is 475 g/mol. The van der Waals surface area contributed by atoms with Crippen molar-refractivity contribution in [2.75, 3.05) is 10.3 Å². The van der Waals surface area contributed by atoms with Crippen molar-refractivity contribution in [3.63, 3.8) is 0 Å². The highest BCUT2D eigenvalue weighted by molar-refractivity contribution is 7.89. The van der Waals surface area contributed by atoms with Crippen LogP contribution in [-0.4, -0.2) is 35.2 Å². The maximum atomic E-state index is 13.8. The van der Waals surface area contributed by atoms with Gasteiger partial charge in [0, 0.05) is 17.3 Å². The Morgan fingerprint density at radius 2 is 1.79 bits per heavy atom. The number of benzene rings is 1. The van der Waals surface area contributed by atoms with Crippen LogP contribution in [0.4, 0.5) is 30.6 Å². The van der Waals surface area contributed by atoms with Crippen molar-refractivity contribution in [2.45, 2.75) is 48.8 Å². The second kappa shape index (κ2) is 7.56. The van der Waals surface area contributed by atoms with E-state index in [1.807, 2.05) is 5.43 Å². The van der Waals surface area contributed by atoms with Crippen molar-refractivity contribution in [3.8, 4) is 0 Å². The van der Waals surface area contributed by atoms with Gasteiger partial charge < -0.3 is 5.32 Å². The van der Waals surface area contributed by atoms with Gasteiger partial charge >= 0.3 is 6.30 Å². The van der Waals surface area contributed by atoms with Crippen molar-refractivity contribution in [1.82, 2.24) is 20.0 Å². The Morgan fingerprint density at radius 3 is 2.41 bits per heavy atom. The average molecular weight is 495 g/mol. The van der Waals surface area contributed by atoms with Gasteiger partial charge in [-0.1, -0.05) is 19.3 Å². The van der Waals surface area contributed by atoms with Crippen LogP contribution in [-0.2, 0) is 20.4 Å². The van der Waals surface area contributed by atoms with Gasteiger partial charge in [-0.05, 0) is 43.2 Å². The van der Waals surface area contributed by atoms with E-state index in [2.05, 4.69) is 15.3 Å². The molecule has 0 radical (unpaired) electrons. The third-order valence-corrected chi connectivity index (χ3v) is 7.12. The molecule has 3 aromatic rings. The van der Waals surface area contributed by atoms with E-state index in [4.69, 9.17) is 5.14 Å². The molecule has 180 valence electrons. The van der Waals surface area contributed by atoms with E-state index in [1.165, 1.54) is 41.1 Å². The lowest BCUT2D eigenvalue weighted by molar-refractivity contribution is -0.156. The summed E-state index contributed by atoms with van der Waals surface area (Å²) in [5.74, 6) is -0.874. The molecule has 3 heterocycles. The summed E-state index contributed by atoms with van der Waals surface area (Å²) in [6, 6.07) is 6.84. The quantitative estimate of drug-likeness (QED) is 0.476. The van der Waals surface area contributed by atoms with Gasteiger partial charge in [0.1, 0.15) is 17.0 Å². The number of fused-ring (bicyclic) bond motifs is 4. The third-order valence-electron chi connectivity index (χ3n) is 6.19. The largest absolute Gasteiger partial charge is 0.504 e. The number of hydrazine groups is 1. The van der Waals surface area contributed by atoms with Gasteiger partial charge in [0.25, 0.3) is 5.91 Å². The predicted octanol–water partition coefficient (Wildman–Crippen LogP) is 2.85. The lowest BCUT2D eigenvalue weighted by Crippen LogP contribution is -2.64. The van der Waals surface area contributed by atoms with Crippen molar-refractivity contribution in [1.29, 1.82) is 0 Å². The van der Waals surface area contributed by atoms with Crippen LogP contribution in [0.1, 0.15) is 32.1 Å². The topological polar surface area (TPSA) is 135 Å². The van der Waals surface area contributed by atoms with Crippen LogP contribution < -0.4 is 20.9 Å². The fourth-order valence-electron chi connectivity index (χ4n) is 4.62. The molecule has 5 rings (SSSR count). The van der Waals surface area contributed by atoms with Crippen molar-refractivity contribution >= 4 is 44.4 Å². The Labute approximate surface area is 192 Å². The zero-order valence-corrected chi connectivity index (χ0v) is 18.4. The lowest BCUT2D eigenvalue weighted by Gasteiger charge is -2.45. The Kier molecular flexibility index (Phi) is 4.98. The summed E-state index contributed by atoms with van der Waals surface area (Å²) in [7, 11) is -3.86. The zero-order valence-electron chi connectivity index (χ0n) is 17.6. The molecule has 2 aliphatic rings. The van der Waals surface area contributed by atoms with Crippen molar-refractivity contribution < 1.29 is 26.4 Å². The molecule has 10 nitrogen and oxygen atoms in total. The number of rotatable bonds is 3. The molecule has 1 aliphatic heterocycles. The number of halogens is 3. The minimum Gasteiger partial charge on any atom is -0.324 e. The highest BCUT2D eigenvalue weighted by Crippen LogP contribution is 2.45. The summed E-state index contributed by atoms with van der Waals surface area (Å²) in [5, 5.41) is 8.27. The minimum atomic E-state index is -4.84. The molecule has 2 aromatic heterocycles. The van der Waals surface area contributed by atoms with E-state index in [9.17, 15) is 26.4 Å². The number of nitrogens with two attached hydrogens (primary N) is 1. The van der Waals surface area contributed by atoms with Crippen LogP contribution in [0.15, 0.2) is 41.4 Å². The number of hydrogen-bond acceptors (Lipinski definition) is 7. The SMILES string of the molecule is NS(=O)(=O)c1ccc(Nc2ncc3cc4n(c3n2)C2(CCCCC2)C(=O)NN4C(F)(F)F)cc1.